The number of carbonyl (C=O) groups is 1. The summed E-state index contributed by atoms with van der Waals surface area (Å²) >= 11 is 11.9. The number of nitrogens with zero attached hydrogens (tertiary/aromatic N) is 2. The van der Waals surface area contributed by atoms with Gasteiger partial charge in [-0.3, -0.25) is 4.79 Å². The molecule has 0 atom stereocenters. The third-order valence-electron chi connectivity index (χ3n) is 3.22. The predicted molar refractivity (Wildman–Crippen MR) is 92.0 cm³/mol. The summed E-state index contributed by atoms with van der Waals surface area (Å²) in [7, 11) is 0. The zero-order valence-electron chi connectivity index (χ0n) is 12.3. The SMILES string of the molecule is NC(=O)c1ccc(Cl)cc1NCc1noc(-c2cccc(Cl)c2)n1. The summed E-state index contributed by atoms with van der Waals surface area (Å²) in [6, 6.07) is 11.9. The minimum absolute atomic E-state index is 0.241. The van der Waals surface area contributed by atoms with Gasteiger partial charge in [0.2, 0.25) is 0 Å². The van der Waals surface area contributed by atoms with E-state index in [0.717, 1.165) is 5.56 Å². The second-order valence-corrected chi connectivity index (χ2v) is 5.81. The predicted octanol–water partition coefficient (Wildman–Crippen LogP) is 3.75. The molecule has 3 aromatic rings. The van der Waals surface area contributed by atoms with Crippen molar-refractivity contribution in [3.8, 4) is 11.5 Å². The van der Waals surface area contributed by atoms with Gasteiger partial charge < -0.3 is 15.6 Å². The van der Waals surface area contributed by atoms with Crippen LogP contribution in [0.3, 0.4) is 0 Å². The van der Waals surface area contributed by atoms with Crippen molar-refractivity contribution in [2.75, 3.05) is 5.32 Å². The Hall–Kier alpha value is -2.57. The molecular weight excluding hydrogens is 351 g/mol. The zero-order chi connectivity index (χ0) is 17.1. The minimum Gasteiger partial charge on any atom is -0.377 e. The van der Waals surface area contributed by atoms with E-state index in [1.165, 1.54) is 0 Å². The van der Waals surface area contributed by atoms with Crippen LogP contribution in [-0.2, 0) is 6.54 Å². The molecule has 0 aliphatic carbocycles. The van der Waals surface area contributed by atoms with Gasteiger partial charge in [-0.1, -0.05) is 34.4 Å². The summed E-state index contributed by atoms with van der Waals surface area (Å²) in [4.78, 5) is 15.7. The van der Waals surface area contributed by atoms with Gasteiger partial charge in [-0.25, -0.2) is 0 Å². The smallest absolute Gasteiger partial charge is 0.258 e. The molecule has 0 radical (unpaired) electrons. The summed E-state index contributed by atoms with van der Waals surface area (Å²) in [6.45, 7) is 0.241. The van der Waals surface area contributed by atoms with Crippen LogP contribution in [0.15, 0.2) is 47.0 Å². The molecule has 0 bridgehead atoms. The lowest BCUT2D eigenvalue weighted by atomic mass is 10.1. The van der Waals surface area contributed by atoms with Crippen molar-refractivity contribution < 1.29 is 9.32 Å². The molecule has 24 heavy (non-hydrogen) atoms. The monoisotopic (exact) mass is 362 g/mol. The Morgan fingerprint density at radius 2 is 1.96 bits per heavy atom. The Kier molecular flexibility index (Phi) is 4.69. The van der Waals surface area contributed by atoms with Gasteiger partial charge in [0, 0.05) is 21.3 Å². The number of carbonyl (C=O) groups excluding carboxylic acids is 1. The van der Waals surface area contributed by atoms with Crippen LogP contribution in [0.25, 0.3) is 11.5 Å². The molecule has 1 amide bonds. The molecule has 3 N–H and O–H groups in total. The highest BCUT2D eigenvalue weighted by Gasteiger charge is 2.12. The fourth-order valence-corrected chi connectivity index (χ4v) is 2.48. The first-order valence-corrected chi connectivity index (χ1v) is 7.70. The molecule has 122 valence electrons. The van der Waals surface area contributed by atoms with Crippen LogP contribution in [0.5, 0.6) is 0 Å². The number of aromatic nitrogens is 2. The Morgan fingerprint density at radius 3 is 2.71 bits per heavy atom. The van der Waals surface area contributed by atoms with Crippen molar-refractivity contribution in [1.82, 2.24) is 10.1 Å². The van der Waals surface area contributed by atoms with Gasteiger partial charge in [-0.2, -0.15) is 4.98 Å². The van der Waals surface area contributed by atoms with E-state index in [9.17, 15) is 4.79 Å². The summed E-state index contributed by atoms with van der Waals surface area (Å²) < 4.78 is 5.22. The maximum Gasteiger partial charge on any atom is 0.258 e. The van der Waals surface area contributed by atoms with Crippen molar-refractivity contribution in [3.05, 3.63) is 63.9 Å². The second-order valence-electron chi connectivity index (χ2n) is 4.93. The molecule has 6 nitrogen and oxygen atoms in total. The van der Waals surface area contributed by atoms with Crippen LogP contribution in [-0.4, -0.2) is 16.0 Å². The quantitative estimate of drug-likeness (QED) is 0.720. The van der Waals surface area contributed by atoms with E-state index >= 15 is 0 Å². The van der Waals surface area contributed by atoms with E-state index in [4.69, 9.17) is 33.5 Å². The third kappa shape index (κ3) is 3.67. The summed E-state index contributed by atoms with van der Waals surface area (Å²) in [5.74, 6) is 0.220. The van der Waals surface area contributed by atoms with Crippen molar-refractivity contribution in [3.63, 3.8) is 0 Å². The molecule has 3 rings (SSSR count). The Morgan fingerprint density at radius 1 is 1.17 bits per heavy atom. The molecule has 0 saturated heterocycles. The zero-order valence-corrected chi connectivity index (χ0v) is 13.8. The average Bonchev–Trinajstić information content (AvgIpc) is 3.01. The highest BCUT2D eigenvalue weighted by Crippen LogP contribution is 2.23. The maximum absolute atomic E-state index is 11.4. The number of nitrogens with two attached hydrogens (primary N) is 1. The van der Waals surface area contributed by atoms with Crippen LogP contribution in [0, 0.1) is 0 Å². The maximum atomic E-state index is 11.4. The largest absolute Gasteiger partial charge is 0.377 e. The molecule has 0 aliphatic rings. The van der Waals surface area contributed by atoms with E-state index < -0.39 is 5.91 Å². The van der Waals surface area contributed by atoms with Crippen LogP contribution < -0.4 is 11.1 Å². The van der Waals surface area contributed by atoms with E-state index in [2.05, 4.69) is 15.5 Å². The van der Waals surface area contributed by atoms with Crippen LogP contribution in [0.2, 0.25) is 10.0 Å². The van der Waals surface area contributed by atoms with Crippen molar-refractivity contribution in [1.29, 1.82) is 0 Å². The minimum atomic E-state index is -0.554. The number of nitrogens with one attached hydrogen (secondary N) is 1. The first-order valence-electron chi connectivity index (χ1n) is 6.94. The highest BCUT2D eigenvalue weighted by atomic mass is 35.5. The average molecular weight is 363 g/mol. The first-order chi connectivity index (χ1) is 11.5. The molecule has 0 fully saturated rings. The summed E-state index contributed by atoms with van der Waals surface area (Å²) in [5.41, 5.74) is 6.90. The van der Waals surface area contributed by atoms with E-state index in [1.54, 1.807) is 36.4 Å². The summed E-state index contributed by atoms with van der Waals surface area (Å²) in [5, 5.41) is 7.99. The van der Waals surface area contributed by atoms with Gasteiger partial charge in [-0.05, 0) is 36.4 Å². The molecule has 8 heteroatoms. The van der Waals surface area contributed by atoms with E-state index in [0.29, 0.717) is 33.0 Å². The normalized spacial score (nSPS) is 10.6. The van der Waals surface area contributed by atoms with Gasteiger partial charge in [0.1, 0.15) is 0 Å². The number of hydrogen-bond acceptors (Lipinski definition) is 5. The second kappa shape index (κ2) is 6.90. The lowest BCUT2D eigenvalue weighted by molar-refractivity contribution is 0.100. The van der Waals surface area contributed by atoms with Gasteiger partial charge in [0.25, 0.3) is 11.8 Å². The molecule has 1 heterocycles. The van der Waals surface area contributed by atoms with E-state index in [1.807, 2.05) is 6.07 Å². The van der Waals surface area contributed by atoms with Crippen LogP contribution >= 0.6 is 23.2 Å². The number of halogens is 2. The molecule has 0 unspecified atom stereocenters. The van der Waals surface area contributed by atoms with Gasteiger partial charge in [-0.15, -0.1) is 0 Å². The molecule has 1 aromatic heterocycles. The standard InChI is InChI=1S/C16H12Cl2N4O2/c17-10-3-1-2-9(6-10)16-21-14(22-24-16)8-20-13-7-11(18)4-5-12(13)15(19)23/h1-7,20H,8H2,(H2,19,23). The Bertz CT molecular complexity index is 895. The highest BCUT2D eigenvalue weighted by molar-refractivity contribution is 6.31. The molecule has 0 spiro atoms. The number of benzene rings is 2. The number of anilines is 1. The number of primary amides is 1. The van der Waals surface area contributed by atoms with Crippen LogP contribution in [0.4, 0.5) is 5.69 Å². The number of hydrogen-bond donors (Lipinski definition) is 2. The molecule has 0 aliphatic heterocycles. The first kappa shape index (κ1) is 16.3. The summed E-state index contributed by atoms with van der Waals surface area (Å²) in [6.07, 6.45) is 0. The van der Waals surface area contributed by atoms with Crippen molar-refractivity contribution in [2.24, 2.45) is 5.73 Å². The molecule has 0 saturated carbocycles. The fraction of sp³-hybridized carbons (Fsp3) is 0.0625. The number of rotatable bonds is 5. The van der Waals surface area contributed by atoms with Crippen LogP contribution in [0.1, 0.15) is 16.2 Å². The van der Waals surface area contributed by atoms with Gasteiger partial charge in [0.05, 0.1) is 12.1 Å². The lowest BCUT2D eigenvalue weighted by Gasteiger charge is -2.08. The molecule has 2 aromatic carbocycles. The number of amides is 1. The van der Waals surface area contributed by atoms with Gasteiger partial charge >= 0.3 is 0 Å². The van der Waals surface area contributed by atoms with E-state index in [-0.39, 0.29) is 6.54 Å². The molecular formula is C16H12Cl2N4O2. The third-order valence-corrected chi connectivity index (χ3v) is 3.69. The fourth-order valence-electron chi connectivity index (χ4n) is 2.12. The Labute approximate surface area is 147 Å². The van der Waals surface area contributed by atoms with Crippen molar-refractivity contribution >= 4 is 34.8 Å². The van der Waals surface area contributed by atoms with Gasteiger partial charge in [0.15, 0.2) is 5.82 Å². The van der Waals surface area contributed by atoms with Crippen molar-refractivity contribution in [2.45, 2.75) is 6.54 Å². The Balaban J connectivity index is 1.77. The topological polar surface area (TPSA) is 94.0 Å². The lowest BCUT2D eigenvalue weighted by Crippen LogP contribution is -2.14.